The molecule has 4 nitrogen and oxygen atoms in total. The lowest BCUT2D eigenvalue weighted by atomic mass is 10.0. The van der Waals surface area contributed by atoms with Crippen LogP contribution in [-0.2, 0) is 4.79 Å². The van der Waals surface area contributed by atoms with Crippen molar-refractivity contribution in [2.45, 2.75) is 57.0 Å². The molecule has 0 aliphatic rings. The van der Waals surface area contributed by atoms with Gasteiger partial charge in [0.05, 0.1) is 6.10 Å². The van der Waals surface area contributed by atoms with Gasteiger partial charge in [-0.15, -0.1) is 0 Å². The second-order valence-electron chi connectivity index (χ2n) is 4.40. The molecule has 5 heteroatoms. The first-order chi connectivity index (χ1) is 6.91. The molecular formula is C10H23NO3Si. The van der Waals surface area contributed by atoms with Gasteiger partial charge in [-0.1, -0.05) is 39.3 Å². The SMILES string of the molecule is CCCCC([C@H](O)[C@@H](N)C(=O)O)[SiH](C)C. The van der Waals surface area contributed by atoms with Gasteiger partial charge in [-0.25, -0.2) is 0 Å². The molecule has 0 saturated carbocycles. The standard InChI is InChI=1S/C10H23NO3Si/c1-4-5-6-7(15(2)3)9(12)8(11)10(13)14/h7-9,12,15H,4-6,11H2,1-3H3,(H,13,14)/t7?,8-,9+/m1/s1. The van der Waals surface area contributed by atoms with E-state index in [1.165, 1.54) is 0 Å². The second kappa shape index (κ2) is 6.98. The number of carbonyl (C=O) groups is 1. The molecule has 0 aliphatic heterocycles. The predicted molar refractivity (Wildman–Crippen MR) is 63.8 cm³/mol. The highest BCUT2D eigenvalue weighted by atomic mass is 28.3. The van der Waals surface area contributed by atoms with Crippen molar-refractivity contribution in [3.05, 3.63) is 0 Å². The number of aliphatic carboxylic acids is 1. The number of carboxylic acids is 1. The summed E-state index contributed by atoms with van der Waals surface area (Å²) in [5.74, 6) is -1.11. The fraction of sp³-hybridized carbons (Fsp3) is 0.900. The van der Waals surface area contributed by atoms with Crippen molar-refractivity contribution in [2.75, 3.05) is 0 Å². The molecule has 90 valence electrons. The molecule has 0 aromatic heterocycles. The van der Waals surface area contributed by atoms with E-state index in [-0.39, 0.29) is 5.54 Å². The van der Waals surface area contributed by atoms with Crippen molar-refractivity contribution in [3.8, 4) is 0 Å². The maximum Gasteiger partial charge on any atom is 0.323 e. The third kappa shape index (κ3) is 4.77. The van der Waals surface area contributed by atoms with E-state index in [1.54, 1.807) is 0 Å². The van der Waals surface area contributed by atoms with E-state index in [9.17, 15) is 9.90 Å². The van der Waals surface area contributed by atoms with Crippen LogP contribution in [0.5, 0.6) is 0 Å². The van der Waals surface area contributed by atoms with Crippen LogP contribution in [0.25, 0.3) is 0 Å². The minimum absolute atomic E-state index is 0.107. The van der Waals surface area contributed by atoms with E-state index in [1.807, 2.05) is 0 Å². The average molecular weight is 233 g/mol. The number of nitrogens with two attached hydrogens (primary N) is 1. The van der Waals surface area contributed by atoms with Crippen molar-refractivity contribution in [1.82, 2.24) is 0 Å². The van der Waals surface area contributed by atoms with Gasteiger partial charge in [0.15, 0.2) is 0 Å². The van der Waals surface area contributed by atoms with Gasteiger partial charge in [-0.3, -0.25) is 4.79 Å². The van der Waals surface area contributed by atoms with E-state index in [2.05, 4.69) is 20.0 Å². The molecule has 0 spiro atoms. The molecule has 0 aromatic carbocycles. The van der Waals surface area contributed by atoms with Crippen molar-refractivity contribution in [1.29, 1.82) is 0 Å². The second-order valence-corrected chi connectivity index (χ2v) is 7.75. The number of rotatable bonds is 7. The zero-order valence-corrected chi connectivity index (χ0v) is 11.0. The van der Waals surface area contributed by atoms with Crippen molar-refractivity contribution >= 4 is 14.8 Å². The van der Waals surface area contributed by atoms with Gasteiger partial charge in [0.2, 0.25) is 0 Å². The van der Waals surface area contributed by atoms with Crippen LogP contribution in [0.1, 0.15) is 26.2 Å². The molecule has 0 rings (SSSR count). The first kappa shape index (κ1) is 14.6. The molecule has 0 radical (unpaired) electrons. The number of hydrogen-bond donors (Lipinski definition) is 3. The molecule has 1 unspecified atom stereocenters. The normalized spacial score (nSPS) is 17.5. The molecule has 0 bridgehead atoms. The molecule has 0 saturated heterocycles. The quantitative estimate of drug-likeness (QED) is 0.568. The van der Waals surface area contributed by atoms with E-state index in [0.29, 0.717) is 0 Å². The Hall–Kier alpha value is -0.393. The highest BCUT2D eigenvalue weighted by molar-refractivity contribution is 6.57. The summed E-state index contributed by atoms with van der Waals surface area (Å²) < 4.78 is 0. The first-order valence-corrected chi connectivity index (χ1v) is 8.55. The number of carboxylic acid groups (broad SMARTS) is 1. The fourth-order valence-corrected chi connectivity index (χ4v) is 3.68. The average Bonchev–Trinajstić information content (AvgIpc) is 2.16. The van der Waals surface area contributed by atoms with E-state index < -0.39 is 26.9 Å². The summed E-state index contributed by atoms with van der Waals surface area (Å²) in [6.07, 6.45) is 2.09. The van der Waals surface area contributed by atoms with Crippen LogP contribution in [-0.4, -0.2) is 37.1 Å². The summed E-state index contributed by atoms with van der Waals surface area (Å²) in [7, 11) is -1.07. The van der Waals surface area contributed by atoms with Crippen molar-refractivity contribution in [3.63, 3.8) is 0 Å². The fourth-order valence-electron chi connectivity index (χ4n) is 1.75. The molecule has 0 aromatic rings. The summed E-state index contributed by atoms with van der Waals surface area (Å²) in [5, 5.41) is 18.6. The lowest BCUT2D eigenvalue weighted by Gasteiger charge is -2.27. The highest BCUT2D eigenvalue weighted by Gasteiger charge is 2.31. The summed E-state index contributed by atoms with van der Waals surface area (Å²) in [6.45, 7) is 6.33. The Kier molecular flexibility index (Phi) is 6.79. The highest BCUT2D eigenvalue weighted by Crippen LogP contribution is 2.24. The molecule has 3 atom stereocenters. The number of unbranched alkanes of at least 4 members (excludes halogenated alkanes) is 1. The molecule has 15 heavy (non-hydrogen) atoms. The number of aliphatic hydroxyl groups is 1. The largest absolute Gasteiger partial charge is 0.480 e. The summed E-state index contributed by atoms with van der Waals surface area (Å²) in [5.41, 5.74) is 5.55. The molecular weight excluding hydrogens is 210 g/mol. The van der Waals surface area contributed by atoms with Gasteiger partial charge < -0.3 is 15.9 Å². The Morgan fingerprint density at radius 1 is 1.47 bits per heavy atom. The minimum Gasteiger partial charge on any atom is -0.480 e. The van der Waals surface area contributed by atoms with Gasteiger partial charge in [0.25, 0.3) is 0 Å². The van der Waals surface area contributed by atoms with Crippen LogP contribution in [0.3, 0.4) is 0 Å². The van der Waals surface area contributed by atoms with Gasteiger partial charge in [0, 0.05) is 8.80 Å². The topological polar surface area (TPSA) is 83.5 Å². The molecule has 0 fully saturated rings. The van der Waals surface area contributed by atoms with Crippen LogP contribution >= 0.6 is 0 Å². The van der Waals surface area contributed by atoms with Crippen LogP contribution in [0.15, 0.2) is 0 Å². The van der Waals surface area contributed by atoms with E-state index >= 15 is 0 Å². The van der Waals surface area contributed by atoms with E-state index in [4.69, 9.17) is 10.8 Å². The van der Waals surface area contributed by atoms with Crippen LogP contribution in [0.2, 0.25) is 18.6 Å². The van der Waals surface area contributed by atoms with Gasteiger partial charge >= 0.3 is 5.97 Å². The molecule has 4 N–H and O–H groups in total. The van der Waals surface area contributed by atoms with Crippen LogP contribution in [0, 0.1) is 0 Å². The van der Waals surface area contributed by atoms with E-state index in [0.717, 1.165) is 19.3 Å². The minimum atomic E-state index is -1.14. The Balaban J connectivity index is 4.40. The number of aliphatic hydroxyl groups excluding tert-OH is 1. The zero-order chi connectivity index (χ0) is 12.0. The molecule has 0 amide bonds. The summed E-state index contributed by atoms with van der Waals surface area (Å²) in [4.78, 5) is 10.7. The lowest BCUT2D eigenvalue weighted by molar-refractivity contribution is -0.141. The Bertz CT molecular complexity index is 199. The smallest absolute Gasteiger partial charge is 0.323 e. The maximum atomic E-state index is 10.7. The van der Waals surface area contributed by atoms with Gasteiger partial charge in [0.1, 0.15) is 6.04 Å². The Morgan fingerprint density at radius 2 is 2.00 bits per heavy atom. The zero-order valence-electron chi connectivity index (χ0n) is 9.81. The van der Waals surface area contributed by atoms with Gasteiger partial charge in [-0.2, -0.15) is 0 Å². The van der Waals surface area contributed by atoms with Crippen molar-refractivity contribution < 1.29 is 15.0 Å². The molecule has 0 heterocycles. The van der Waals surface area contributed by atoms with Gasteiger partial charge in [-0.05, 0) is 5.54 Å². The third-order valence-electron chi connectivity index (χ3n) is 2.84. The monoisotopic (exact) mass is 233 g/mol. The predicted octanol–water partition coefficient (Wildman–Crippen LogP) is 0.806. The number of hydrogen-bond acceptors (Lipinski definition) is 3. The third-order valence-corrected chi connectivity index (χ3v) is 5.28. The maximum absolute atomic E-state index is 10.7. The first-order valence-electron chi connectivity index (χ1n) is 5.58. The summed E-state index contributed by atoms with van der Waals surface area (Å²) in [6, 6.07) is -1.14. The lowest BCUT2D eigenvalue weighted by Crippen LogP contribution is -2.46. The van der Waals surface area contributed by atoms with Crippen molar-refractivity contribution in [2.24, 2.45) is 5.73 Å². The molecule has 0 aliphatic carbocycles. The van der Waals surface area contributed by atoms with Crippen LogP contribution < -0.4 is 5.73 Å². The van der Waals surface area contributed by atoms with Crippen LogP contribution in [0.4, 0.5) is 0 Å². The Morgan fingerprint density at radius 3 is 2.33 bits per heavy atom. The Labute approximate surface area is 93.1 Å². The summed E-state index contributed by atoms with van der Waals surface area (Å²) >= 11 is 0.